The van der Waals surface area contributed by atoms with E-state index in [1.54, 1.807) is 60.6 Å². The molecule has 0 aromatic rings. The number of carbonyl (C=O) groups is 11. The van der Waals surface area contributed by atoms with Gasteiger partial charge in [0.15, 0.2) is 0 Å². The third-order valence-electron chi connectivity index (χ3n) is 15.6. The van der Waals surface area contributed by atoms with Crippen molar-refractivity contribution in [2.75, 3.05) is 55.9 Å². The number of aliphatic hydroxyl groups is 1. The van der Waals surface area contributed by atoms with Crippen LogP contribution in [0.1, 0.15) is 143 Å². The fourth-order valence-electron chi connectivity index (χ4n) is 10.0. The number of nitrogens with zero attached hydrogens (tertiary/aromatic N) is 7. The molecule has 5 N–H and O–H groups in total. The van der Waals surface area contributed by atoms with Crippen molar-refractivity contribution in [2.24, 2.45) is 35.5 Å². The van der Waals surface area contributed by atoms with Gasteiger partial charge < -0.3 is 60.7 Å². The molecule has 12 atom stereocenters. The Balaban J connectivity index is 4.24. The van der Waals surface area contributed by atoms with Gasteiger partial charge in [-0.2, -0.15) is 0 Å². The van der Waals surface area contributed by atoms with Crippen LogP contribution in [0.5, 0.6) is 0 Å². The van der Waals surface area contributed by atoms with E-state index in [9.17, 15) is 48.3 Å². The summed E-state index contributed by atoms with van der Waals surface area (Å²) in [5, 5.41) is 22.8. The fraction of sp³-hybridized carbons (Fsp3) is 0.780. The first kappa shape index (κ1) is 73.9. The summed E-state index contributed by atoms with van der Waals surface area (Å²) in [6.07, 6.45) is 2.88. The molecule has 0 spiro atoms. The van der Waals surface area contributed by atoms with Crippen molar-refractivity contribution in [3.05, 3.63) is 12.2 Å². The van der Waals surface area contributed by atoms with Gasteiger partial charge in [-0.15, -0.1) is 0 Å². The number of hydrogen-bond donors (Lipinski definition) is 5. The zero-order chi connectivity index (χ0) is 63.7. The second-order valence-corrected chi connectivity index (χ2v) is 24.6. The highest BCUT2D eigenvalue weighted by Crippen LogP contribution is 2.25. The summed E-state index contributed by atoms with van der Waals surface area (Å²) in [5.41, 5.74) is 0. The summed E-state index contributed by atoms with van der Waals surface area (Å²) >= 11 is 0. The minimum Gasteiger partial charge on any atom is -0.390 e. The third kappa shape index (κ3) is 20.1. The van der Waals surface area contributed by atoms with E-state index in [4.69, 9.17) is 0 Å². The predicted molar refractivity (Wildman–Crippen MR) is 315 cm³/mol. The maximum Gasteiger partial charge on any atom is 0.246 e. The topological polar surface area (TPSA) is 279 Å². The monoisotopic (exact) mass is 1160 g/mol. The normalized spacial score (nSPS) is 27.4. The molecule has 1 aliphatic heterocycles. The summed E-state index contributed by atoms with van der Waals surface area (Å²) < 4.78 is 0. The fourth-order valence-corrected chi connectivity index (χ4v) is 10.0. The molecule has 1 aliphatic rings. The van der Waals surface area contributed by atoms with Crippen molar-refractivity contribution in [2.45, 2.75) is 209 Å². The Kier molecular flexibility index (Phi) is 29.9. The molecule has 12 unspecified atom stereocenters. The molecule has 0 bridgehead atoms. The van der Waals surface area contributed by atoms with Crippen molar-refractivity contribution in [3.63, 3.8) is 0 Å². The number of carbonyl (C=O) groups excluding carboxylic acids is 11. The third-order valence-corrected chi connectivity index (χ3v) is 15.6. The molecule has 0 aliphatic carbocycles. The van der Waals surface area contributed by atoms with E-state index in [-0.39, 0.29) is 43.4 Å². The minimum absolute atomic E-state index is 0.0235. The molecular weight excluding hydrogens is 1050 g/mol. The van der Waals surface area contributed by atoms with Crippen LogP contribution >= 0.6 is 0 Å². The lowest BCUT2D eigenvalue weighted by Crippen LogP contribution is -2.63. The van der Waals surface area contributed by atoms with E-state index in [2.05, 4.69) is 21.3 Å². The van der Waals surface area contributed by atoms with Crippen molar-refractivity contribution in [1.29, 1.82) is 0 Å². The minimum atomic E-state index is -1.61. The van der Waals surface area contributed by atoms with Crippen molar-refractivity contribution < 1.29 is 57.8 Å². The summed E-state index contributed by atoms with van der Waals surface area (Å²) in [5.74, 6) is -9.67. The zero-order valence-electron chi connectivity index (χ0n) is 53.8. The second kappa shape index (κ2) is 33.2. The highest BCUT2D eigenvalue weighted by molar-refractivity contribution is 5.99. The van der Waals surface area contributed by atoms with Gasteiger partial charge in [0.1, 0.15) is 60.4 Å². The average molecular weight is 1160 g/mol. The summed E-state index contributed by atoms with van der Waals surface area (Å²) in [7, 11) is 9.82. The molecule has 0 saturated carbocycles. The number of hydrogen-bond acceptors (Lipinski definition) is 12. The average Bonchev–Trinajstić information content (AvgIpc) is 3.40. The smallest absolute Gasteiger partial charge is 0.246 e. The van der Waals surface area contributed by atoms with Gasteiger partial charge in [-0.05, 0) is 95.3 Å². The lowest BCUT2D eigenvalue weighted by molar-refractivity contribution is -0.157. The molecule has 1 rings (SSSR count). The maximum atomic E-state index is 15.1. The number of rotatable bonds is 13. The van der Waals surface area contributed by atoms with Gasteiger partial charge in [0.25, 0.3) is 0 Å². The quantitative estimate of drug-likeness (QED) is 0.166. The molecule has 23 heteroatoms. The van der Waals surface area contributed by atoms with E-state index in [0.29, 0.717) is 6.42 Å². The van der Waals surface area contributed by atoms with Crippen LogP contribution in [0.4, 0.5) is 0 Å². The summed E-state index contributed by atoms with van der Waals surface area (Å²) in [6, 6.07) is -12.3. The molecule has 82 heavy (non-hydrogen) atoms. The van der Waals surface area contributed by atoms with Crippen LogP contribution in [0.2, 0.25) is 0 Å². The summed E-state index contributed by atoms with van der Waals surface area (Å²) in [4.78, 5) is 167. The zero-order valence-corrected chi connectivity index (χ0v) is 53.8. The van der Waals surface area contributed by atoms with E-state index < -0.39 is 156 Å². The van der Waals surface area contributed by atoms with E-state index >= 15 is 9.59 Å². The Morgan fingerprint density at radius 1 is 0.488 bits per heavy atom. The van der Waals surface area contributed by atoms with Crippen LogP contribution in [0.3, 0.4) is 0 Å². The van der Waals surface area contributed by atoms with Crippen molar-refractivity contribution in [3.8, 4) is 0 Å². The Bertz CT molecular complexity index is 2260. The van der Waals surface area contributed by atoms with Gasteiger partial charge in [0.05, 0.1) is 12.6 Å². The second-order valence-electron chi connectivity index (χ2n) is 24.6. The summed E-state index contributed by atoms with van der Waals surface area (Å²) in [6.45, 7) is 26.9. The molecule has 0 radical (unpaired) electrons. The van der Waals surface area contributed by atoms with Gasteiger partial charge in [-0.25, -0.2) is 0 Å². The molecule has 11 amide bonds. The van der Waals surface area contributed by atoms with Gasteiger partial charge in [0, 0.05) is 49.3 Å². The Morgan fingerprint density at radius 2 is 0.951 bits per heavy atom. The largest absolute Gasteiger partial charge is 0.390 e. The van der Waals surface area contributed by atoms with E-state index in [0.717, 1.165) is 14.7 Å². The molecule has 1 heterocycles. The first-order valence-electron chi connectivity index (χ1n) is 29.2. The number of aliphatic hydroxyl groups excluding tert-OH is 1. The Hall–Kier alpha value is -6.13. The number of allylic oxidation sites excluding steroid dienone is 2. The molecule has 0 aromatic carbocycles. The van der Waals surface area contributed by atoms with Crippen LogP contribution in [0.15, 0.2) is 12.2 Å². The number of amides is 11. The van der Waals surface area contributed by atoms with Gasteiger partial charge in [0.2, 0.25) is 65.0 Å². The molecule has 0 aromatic heterocycles. The Labute approximate surface area is 489 Å². The van der Waals surface area contributed by atoms with E-state index in [1.165, 1.54) is 89.7 Å². The number of likely N-dealkylation sites (N-methyl/N-ethyl adjacent to an activating group) is 7. The van der Waals surface area contributed by atoms with Crippen molar-refractivity contribution in [1.82, 2.24) is 55.6 Å². The van der Waals surface area contributed by atoms with Gasteiger partial charge >= 0.3 is 0 Å². The molecule has 1 fully saturated rings. The molecular formula is C59H105N11O12. The SMILES string of the molecule is C/C=C/CC(C)C(O)C1C(=O)NC(CC)C(=O)N(C)CC(=O)N(C)C(CC(C)C)C(=O)NC(C(C)C)C(=O)N(C)C(C)C(=O)NC(C)C(=O)NC(C)C(=O)N(C)C(CC(C)C)C(=O)N(C)C(CC(C)C)C(=O)N(C)C(C(C)C)C(=O)N1C. The first-order valence-corrected chi connectivity index (χ1v) is 29.2. The molecule has 1 saturated heterocycles. The lowest BCUT2D eigenvalue weighted by Gasteiger charge is -2.41. The Morgan fingerprint density at radius 3 is 1.41 bits per heavy atom. The standard InChI is InChI=1S/C59H105N11O12/c1-24-26-27-37(13)49(72)48-53(76)62-41(25-2)55(78)64(17)31-45(71)66(19)42(28-32(3)4)52(75)63-46(35(9)10)58(81)65(18)40(16)51(74)60-38(14)50(73)61-39(15)54(77)67(20)43(29-33(5)6)56(79)68(21)44(30-34(7)8)57(80)69(22)47(36(11)12)59(82)70(48)23/h24,26,32-44,46-49,72H,25,27-31H2,1-23H3,(H,60,74)(H,61,73)(H,62,76)(H,63,75)/b26-24+. The van der Waals surface area contributed by atoms with Crippen LogP contribution < -0.4 is 21.3 Å². The van der Waals surface area contributed by atoms with Crippen LogP contribution in [-0.4, -0.2) is 227 Å². The highest BCUT2D eigenvalue weighted by atomic mass is 16.3. The van der Waals surface area contributed by atoms with Crippen LogP contribution in [0.25, 0.3) is 0 Å². The van der Waals surface area contributed by atoms with Gasteiger partial charge in [-0.1, -0.05) is 95.2 Å². The van der Waals surface area contributed by atoms with E-state index in [1.807, 2.05) is 41.5 Å². The molecule has 23 nitrogen and oxygen atoms in total. The highest BCUT2D eigenvalue weighted by Gasteiger charge is 2.45. The molecule has 468 valence electrons. The maximum absolute atomic E-state index is 15.1. The van der Waals surface area contributed by atoms with Gasteiger partial charge in [-0.3, -0.25) is 52.7 Å². The number of nitrogens with one attached hydrogen (secondary N) is 4. The van der Waals surface area contributed by atoms with Crippen LogP contribution in [-0.2, 0) is 52.7 Å². The van der Waals surface area contributed by atoms with Crippen LogP contribution in [0, 0.1) is 35.5 Å². The van der Waals surface area contributed by atoms with Crippen molar-refractivity contribution >= 4 is 65.0 Å². The first-order chi connectivity index (χ1) is 37.8. The lowest BCUT2D eigenvalue weighted by atomic mass is 9.91. The predicted octanol–water partition coefficient (Wildman–Crippen LogP) is 2.24.